The van der Waals surface area contributed by atoms with Crippen molar-refractivity contribution >= 4 is 19.9 Å². The van der Waals surface area contributed by atoms with E-state index in [0.29, 0.717) is 57.6 Å². The van der Waals surface area contributed by atoms with Gasteiger partial charge in [0.05, 0.1) is 33.4 Å². The highest BCUT2D eigenvalue weighted by molar-refractivity contribution is 7.93. The zero-order valence-electron chi connectivity index (χ0n) is 29.7. The van der Waals surface area contributed by atoms with Crippen molar-refractivity contribution in [2.24, 2.45) is 0 Å². The zero-order valence-corrected chi connectivity index (χ0v) is 31.3. The minimum atomic E-state index is -3.69. The van der Waals surface area contributed by atoms with Crippen molar-refractivity contribution in [2.45, 2.75) is 97.2 Å². The second-order valence-electron chi connectivity index (χ2n) is 15.3. The standard InChI is InChI=1S/C38H51N3O8S2/c1-36(2,3)40-23-28-10-12-29(13-11-28)30-6-4-9-35(20-30)51(46,47)41-18-16-37(17-19-41)22-31(25-49-37)39-24-32(43)26-48-33-7-5-8-34(21-33)50(44,45)38(27-42)14-15-38/h4-13,20-21,31-32,39-40,42-43H,14-19,22-27H2,1-3H3/t31-,32+/m1/s1. The molecule has 0 amide bonds. The Morgan fingerprint density at radius 2 is 1.61 bits per heavy atom. The summed E-state index contributed by atoms with van der Waals surface area (Å²) in [6.45, 7) is 8.14. The fourth-order valence-electron chi connectivity index (χ4n) is 6.81. The highest BCUT2D eigenvalue weighted by Gasteiger charge is 2.54. The molecule has 4 N–H and O–H groups in total. The number of hydrogen-bond donors (Lipinski definition) is 4. The maximum Gasteiger partial charge on any atom is 0.243 e. The van der Waals surface area contributed by atoms with E-state index in [0.717, 1.165) is 23.2 Å². The maximum atomic E-state index is 13.7. The Bertz CT molecular complexity index is 1880. The number of rotatable bonds is 14. The molecule has 0 bridgehead atoms. The van der Waals surface area contributed by atoms with Crippen molar-refractivity contribution in [1.29, 1.82) is 0 Å². The molecule has 2 atom stereocenters. The van der Waals surface area contributed by atoms with Gasteiger partial charge in [-0.15, -0.1) is 0 Å². The van der Waals surface area contributed by atoms with Gasteiger partial charge < -0.3 is 30.3 Å². The third-order valence-electron chi connectivity index (χ3n) is 10.3. The predicted molar refractivity (Wildman–Crippen MR) is 196 cm³/mol. The van der Waals surface area contributed by atoms with Gasteiger partial charge in [-0.05, 0) is 99.9 Å². The summed E-state index contributed by atoms with van der Waals surface area (Å²) in [6, 6.07) is 21.5. The average molecular weight is 742 g/mol. The number of sulfone groups is 1. The fraction of sp³-hybridized carbons (Fsp3) is 0.526. The first-order valence-corrected chi connectivity index (χ1v) is 20.6. The summed E-state index contributed by atoms with van der Waals surface area (Å²) in [5.41, 5.74) is 2.58. The molecule has 0 radical (unpaired) electrons. The topological polar surface area (TPSA) is 154 Å². The lowest BCUT2D eigenvalue weighted by atomic mass is 9.88. The summed E-state index contributed by atoms with van der Waals surface area (Å²) in [4.78, 5) is 0.383. The molecular weight excluding hydrogens is 691 g/mol. The summed E-state index contributed by atoms with van der Waals surface area (Å²) in [6.07, 6.45) is 1.89. The van der Waals surface area contributed by atoms with Gasteiger partial charge in [-0.3, -0.25) is 0 Å². The van der Waals surface area contributed by atoms with E-state index in [1.165, 1.54) is 12.1 Å². The van der Waals surface area contributed by atoms with Crippen molar-refractivity contribution in [3.8, 4) is 16.9 Å². The first-order chi connectivity index (χ1) is 24.1. The van der Waals surface area contributed by atoms with Crippen molar-refractivity contribution in [3.05, 3.63) is 78.4 Å². The molecule has 3 aliphatic rings. The molecule has 0 unspecified atom stereocenters. The normalized spacial score (nSPS) is 21.1. The molecule has 6 rings (SSSR count). The molecule has 11 nitrogen and oxygen atoms in total. The molecule has 2 saturated heterocycles. The third-order valence-corrected chi connectivity index (χ3v) is 14.7. The Morgan fingerprint density at radius 1 is 0.922 bits per heavy atom. The average Bonchev–Trinajstić information content (AvgIpc) is 3.85. The molecule has 1 saturated carbocycles. The van der Waals surface area contributed by atoms with Crippen LogP contribution in [0.1, 0.15) is 58.4 Å². The number of hydrogen-bond acceptors (Lipinski definition) is 10. The number of aliphatic hydroxyl groups excluding tert-OH is 2. The van der Waals surface area contributed by atoms with Crippen LogP contribution in [0.2, 0.25) is 0 Å². The summed E-state index contributed by atoms with van der Waals surface area (Å²) < 4.78 is 65.8. The number of nitrogens with zero attached hydrogens (tertiary/aromatic N) is 1. The van der Waals surface area contributed by atoms with Gasteiger partial charge in [0.25, 0.3) is 0 Å². The Hall–Kier alpha value is -2.88. The predicted octanol–water partition coefficient (Wildman–Crippen LogP) is 3.88. The molecule has 278 valence electrons. The molecule has 2 aliphatic heterocycles. The van der Waals surface area contributed by atoms with E-state index in [1.807, 2.05) is 18.2 Å². The van der Waals surface area contributed by atoms with Crippen LogP contribution >= 0.6 is 0 Å². The summed E-state index contributed by atoms with van der Waals surface area (Å²) >= 11 is 0. The summed E-state index contributed by atoms with van der Waals surface area (Å²) in [5.74, 6) is 0.332. The highest BCUT2D eigenvalue weighted by Crippen LogP contribution is 2.46. The van der Waals surface area contributed by atoms with Crippen LogP contribution in [0.3, 0.4) is 0 Å². The Labute approximate surface area is 302 Å². The lowest BCUT2D eigenvalue weighted by Gasteiger charge is -2.38. The van der Waals surface area contributed by atoms with Crippen LogP contribution in [0.25, 0.3) is 11.1 Å². The lowest BCUT2D eigenvalue weighted by molar-refractivity contribution is -0.0312. The molecule has 13 heteroatoms. The summed E-state index contributed by atoms with van der Waals surface area (Å²) in [7, 11) is -7.37. The van der Waals surface area contributed by atoms with Crippen LogP contribution in [-0.2, 0) is 31.1 Å². The molecule has 3 aromatic carbocycles. The number of sulfonamides is 1. The van der Waals surface area contributed by atoms with E-state index in [9.17, 15) is 27.0 Å². The van der Waals surface area contributed by atoms with Crippen molar-refractivity contribution in [2.75, 3.05) is 39.5 Å². The number of piperidine rings is 1. The molecule has 51 heavy (non-hydrogen) atoms. The minimum absolute atomic E-state index is 0.00296. The minimum Gasteiger partial charge on any atom is -0.491 e. The Balaban J connectivity index is 0.968. The van der Waals surface area contributed by atoms with Crippen LogP contribution in [-0.4, -0.2) is 98.8 Å². The van der Waals surface area contributed by atoms with Crippen LogP contribution < -0.4 is 15.4 Å². The second kappa shape index (κ2) is 14.9. The van der Waals surface area contributed by atoms with Crippen molar-refractivity contribution in [1.82, 2.24) is 14.9 Å². The SMILES string of the molecule is CC(C)(C)NCc1ccc(-c2cccc(S(=O)(=O)N3CCC4(CC3)C[C@@H](NC[C@H](O)COc3cccc(S(=O)(=O)C5(CO)CC5)c3)CO4)c2)cc1. The van der Waals surface area contributed by atoms with Crippen molar-refractivity contribution < 1.29 is 36.5 Å². The Morgan fingerprint density at radius 3 is 2.27 bits per heavy atom. The molecule has 1 aliphatic carbocycles. The molecular formula is C38H51N3O8S2. The van der Waals surface area contributed by atoms with Crippen LogP contribution in [0.15, 0.2) is 82.6 Å². The van der Waals surface area contributed by atoms with Gasteiger partial charge in [-0.1, -0.05) is 42.5 Å². The van der Waals surface area contributed by atoms with Crippen LogP contribution in [0, 0.1) is 0 Å². The Kier molecular flexibility index (Phi) is 11.0. The smallest absolute Gasteiger partial charge is 0.243 e. The first kappa shape index (κ1) is 37.9. The fourth-order valence-corrected chi connectivity index (χ4v) is 10.1. The molecule has 2 heterocycles. The number of benzene rings is 3. The van der Waals surface area contributed by atoms with Crippen molar-refractivity contribution in [3.63, 3.8) is 0 Å². The second-order valence-corrected chi connectivity index (χ2v) is 19.6. The van der Waals surface area contributed by atoms with E-state index in [-0.39, 0.29) is 34.5 Å². The van der Waals surface area contributed by atoms with Gasteiger partial charge in [0.15, 0.2) is 9.84 Å². The largest absolute Gasteiger partial charge is 0.491 e. The van der Waals surface area contributed by atoms with Gasteiger partial charge in [0.1, 0.15) is 18.5 Å². The number of aliphatic hydroxyl groups is 2. The third kappa shape index (κ3) is 8.68. The van der Waals surface area contributed by atoms with E-state index in [4.69, 9.17) is 9.47 Å². The highest BCUT2D eigenvalue weighted by atomic mass is 32.2. The summed E-state index contributed by atoms with van der Waals surface area (Å²) in [5, 5.41) is 27.0. The zero-order chi connectivity index (χ0) is 36.5. The number of ether oxygens (including phenoxy) is 2. The van der Waals surface area contributed by atoms with E-state index >= 15 is 0 Å². The molecule has 0 aromatic heterocycles. The van der Waals surface area contributed by atoms with Gasteiger partial charge in [0.2, 0.25) is 10.0 Å². The molecule has 1 spiro atoms. The van der Waals surface area contributed by atoms with E-state index in [2.05, 4.69) is 43.5 Å². The van der Waals surface area contributed by atoms with Gasteiger partial charge in [-0.2, -0.15) is 4.31 Å². The maximum absolute atomic E-state index is 13.7. The van der Waals surface area contributed by atoms with Crippen LogP contribution in [0.5, 0.6) is 5.75 Å². The monoisotopic (exact) mass is 741 g/mol. The molecule has 3 aromatic rings. The number of nitrogens with one attached hydrogen (secondary N) is 2. The van der Waals surface area contributed by atoms with Gasteiger partial charge in [0, 0.05) is 37.8 Å². The van der Waals surface area contributed by atoms with E-state index < -0.39 is 42.9 Å². The first-order valence-electron chi connectivity index (χ1n) is 17.7. The quantitative estimate of drug-likeness (QED) is 0.192. The van der Waals surface area contributed by atoms with Crippen LogP contribution in [0.4, 0.5) is 0 Å². The van der Waals surface area contributed by atoms with Gasteiger partial charge >= 0.3 is 0 Å². The molecule has 3 fully saturated rings. The van der Waals surface area contributed by atoms with Gasteiger partial charge in [-0.25, -0.2) is 16.8 Å². The lowest BCUT2D eigenvalue weighted by Crippen LogP contribution is -2.47. The van der Waals surface area contributed by atoms with E-state index in [1.54, 1.807) is 34.6 Å².